The first-order chi connectivity index (χ1) is 7.97. The fourth-order valence-corrected chi connectivity index (χ4v) is 1.44. The van der Waals surface area contributed by atoms with Gasteiger partial charge in [0.15, 0.2) is 0 Å². The highest BCUT2D eigenvalue weighted by molar-refractivity contribution is 5.85. The Morgan fingerprint density at radius 2 is 2.00 bits per heavy atom. The second-order valence-corrected chi connectivity index (χ2v) is 4.19. The minimum Gasteiger partial charge on any atom is -0.468 e. The summed E-state index contributed by atoms with van der Waals surface area (Å²) >= 11 is 0. The van der Waals surface area contributed by atoms with E-state index in [9.17, 15) is 9.59 Å². The summed E-state index contributed by atoms with van der Waals surface area (Å²) in [5.74, 6) is -1.53. The number of carbonyl (C=O) groups is 2. The largest absolute Gasteiger partial charge is 0.468 e. The zero-order chi connectivity index (χ0) is 13.4. The molecule has 0 rings (SSSR count). The van der Waals surface area contributed by atoms with Crippen molar-refractivity contribution < 1.29 is 14.3 Å². The lowest BCUT2D eigenvalue weighted by Crippen LogP contribution is -2.41. The summed E-state index contributed by atoms with van der Waals surface area (Å²) in [7, 11) is 1.28. The van der Waals surface area contributed by atoms with Crippen LogP contribution in [0.1, 0.15) is 27.2 Å². The molecule has 0 aromatic carbocycles. The number of rotatable bonds is 6. The van der Waals surface area contributed by atoms with E-state index in [1.54, 1.807) is 0 Å². The number of esters is 1. The molecule has 0 bridgehead atoms. The van der Waals surface area contributed by atoms with Crippen LogP contribution in [0, 0.1) is 23.2 Å². The van der Waals surface area contributed by atoms with Gasteiger partial charge in [-0.2, -0.15) is 5.26 Å². The molecule has 1 amide bonds. The summed E-state index contributed by atoms with van der Waals surface area (Å²) in [5, 5.41) is 8.96. The fraction of sp³-hybridized carbons (Fsp3) is 0.750. The van der Waals surface area contributed by atoms with Crippen molar-refractivity contribution in [3.8, 4) is 6.07 Å². The molecule has 0 saturated carbocycles. The summed E-state index contributed by atoms with van der Waals surface area (Å²) in [6, 6.07) is 1.99. The predicted molar refractivity (Wildman–Crippen MR) is 62.8 cm³/mol. The maximum atomic E-state index is 12.1. The molecule has 0 aromatic rings. The molecule has 0 spiro atoms. The fourth-order valence-electron chi connectivity index (χ4n) is 1.44. The Bertz CT molecular complexity index is 307. The van der Waals surface area contributed by atoms with E-state index in [1.807, 2.05) is 26.8 Å². The monoisotopic (exact) mass is 240 g/mol. The molecule has 0 aliphatic heterocycles. The number of methoxy groups -OCH3 is 1. The van der Waals surface area contributed by atoms with Crippen LogP contribution in [0.5, 0.6) is 0 Å². The Morgan fingerprint density at radius 1 is 1.41 bits per heavy atom. The normalized spacial score (nSPS) is 11.8. The Kier molecular flexibility index (Phi) is 6.95. The van der Waals surface area contributed by atoms with E-state index in [-0.39, 0.29) is 18.4 Å². The molecule has 0 radical (unpaired) electrons. The average molecular weight is 240 g/mol. The molecule has 0 aromatic heterocycles. The lowest BCUT2D eigenvalue weighted by molar-refractivity contribution is -0.148. The number of amides is 1. The summed E-state index contributed by atoms with van der Waals surface area (Å²) in [4.78, 5) is 24.6. The Balaban J connectivity index is 4.75. The van der Waals surface area contributed by atoms with Gasteiger partial charge in [0.25, 0.3) is 0 Å². The number of nitrogens with zero attached hydrogens (tertiary/aromatic N) is 2. The van der Waals surface area contributed by atoms with E-state index in [1.165, 1.54) is 12.0 Å². The van der Waals surface area contributed by atoms with Crippen LogP contribution in [0.15, 0.2) is 0 Å². The lowest BCUT2D eigenvalue weighted by Gasteiger charge is -2.24. The Hall–Kier alpha value is -1.57. The zero-order valence-electron chi connectivity index (χ0n) is 10.9. The standard InChI is InChI=1S/C12H20N2O3/c1-5-6-14(8-11(15)17-4)12(16)10(7-13)9(2)3/h9-10H,5-6,8H2,1-4H3. The first-order valence-electron chi connectivity index (χ1n) is 5.73. The highest BCUT2D eigenvalue weighted by atomic mass is 16.5. The topological polar surface area (TPSA) is 70.4 Å². The van der Waals surface area contributed by atoms with E-state index in [0.29, 0.717) is 6.54 Å². The van der Waals surface area contributed by atoms with Crippen molar-refractivity contribution in [1.82, 2.24) is 4.90 Å². The second kappa shape index (κ2) is 7.66. The molecule has 1 unspecified atom stereocenters. The van der Waals surface area contributed by atoms with E-state index in [4.69, 9.17) is 5.26 Å². The van der Waals surface area contributed by atoms with Crippen LogP contribution in [-0.4, -0.2) is 37.0 Å². The van der Waals surface area contributed by atoms with Crippen molar-refractivity contribution in [3.63, 3.8) is 0 Å². The van der Waals surface area contributed by atoms with Crippen molar-refractivity contribution in [3.05, 3.63) is 0 Å². The van der Waals surface area contributed by atoms with Gasteiger partial charge in [0.05, 0.1) is 13.2 Å². The molecule has 1 atom stereocenters. The Morgan fingerprint density at radius 3 is 2.35 bits per heavy atom. The minimum absolute atomic E-state index is 0.0653. The first-order valence-corrected chi connectivity index (χ1v) is 5.73. The van der Waals surface area contributed by atoms with E-state index >= 15 is 0 Å². The van der Waals surface area contributed by atoms with Crippen molar-refractivity contribution in [2.24, 2.45) is 11.8 Å². The summed E-state index contributed by atoms with van der Waals surface area (Å²) in [6.45, 7) is 5.91. The molecule has 96 valence electrons. The van der Waals surface area contributed by atoms with E-state index in [2.05, 4.69) is 4.74 Å². The molecule has 0 aliphatic carbocycles. The van der Waals surface area contributed by atoms with Crippen LogP contribution in [0.3, 0.4) is 0 Å². The van der Waals surface area contributed by atoms with Gasteiger partial charge in [0, 0.05) is 6.54 Å². The van der Waals surface area contributed by atoms with Crippen LogP contribution >= 0.6 is 0 Å². The van der Waals surface area contributed by atoms with Crippen LogP contribution in [0.2, 0.25) is 0 Å². The maximum absolute atomic E-state index is 12.1. The van der Waals surface area contributed by atoms with Gasteiger partial charge in [-0.15, -0.1) is 0 Å². The van der Waals surface area contributed by atoms with Gasteiger partial charge < -0.3 is 9.64 Å². The first kappa shape index (κ1) is 15.4. The van der Waals surface area contributed by atoms with Crippen molar-refractivity contribution >= 4 is 11.9 Å². The van der Waals surface area contributed by atoms with E-state index in [0.717, 1.165) is 6.42 Å². The smallest absolute Gasteiger partial charge is 0.325 e. The molecule has 0 fully saturated rings. The SMILES string of the molecule is CCCN(CC(=O)OC)C(=O)C(C#N)C(C)C. The van der Waals surface area contributed by atoms with Crippen molar-refractivity contribution in [2.45, 2.75) is 27.2 Å². The quantitative estimate of drug-likeness (QED) is 0.654. The molecular weight excluding hydrogens is 220 g/mol. The van der Waals surface area contributed by atoms with Gasteiger partial charge in [-0.25, -0.2) is 0 Å². The van der Waals surface area contributed by atoms with Gasteiger partial charge in [-0.05, 0) is 12.3 Å². The molecule has 0 N–H and O–H groups in total. The second-order valence-electron chi connectivity index (χ2n) is 4.19. The van der Waals surface area contributed by atoms with Crippen LogP contribution in [-0.2, 0) is 14.3 Å². The zero-order valence-corrected chi connectivity index (χ0v) is 10.9. The lowest BCUT2D eigenvalue weighted by atomic mass is 9.96. The van der Waals surface area contributed by atoms with E-state index < -0.39 is 11.9 Å². The number of carbonyl (C=O) groups excluding carboxylic acids is 2. The van der Waals surface area contributed by atoms with Gasteiger partial charge in [-0.1, -0.05) is 20.8 Å². The molecule has 5 heteroatoms. The molecule has 0 aliphatic rings. The number of nitriles is 1. The third kappa shape index (κ3) is 4.85. The number of ether oxygens (including phenoxy) is 1. The molecular formula is C12H20N2O3. The Labute approximate surface area is 102 Å². The number of hydrogen-bond donors (Lipinski definition) is 0. The van der Waals surface area contributed by atoms with Gasteiger partial charge in [0.1, 0.15) is 12.5 Å². The third-order valence-corrected chi connectivity index (χ3v) is 2.42. The molecule has 0 heterocycles. The number of hydrogen-bond acceptors (Lipinski definition) is 4. The summed E-state index contributed by atoms with van der Waals surface area (Å²) in [6.07, 6.45) is 0.735. The van der Waals surface area contributed by atoms with Gasteiger partial charge in [0.2, 0.25) is 5.91 Å². The average Bonchev–Trinajstić information content (AvgIpc) is 2.28. The molecule has 17 heavy (non-hydrogen) atoms. The van der Waals surface area contributed by atoms with Crippen molar-refractivity contribution in [1.29, 1.82) is 5.26 Å². The third-order valence-electron chi connectivity index (χ3n) is 2.42. The van der Waals surface area contributed by atoms with Gasteiger partial charge in [-0.3, -0.25) is 9.59 Å². The molecule has 0 saturated heterocycles. The summed E-state index contributed by atoms with van der Waals surface area (Å²) in [5.41, 5.74) is 0. The highest BCUT2D eigenvalue weighted by Crippen LogP contribution is 2.13. The van der Waals surface area contributed by atoms with Crippen LogP contribution < -0.4 is 0 Å². The maximum Gasteiger partial charge on any atom is 0.325 e. The van der Waals surface area contributed by atoms with Crippen LogP contribution in [0.25, 0.3) is 0 Å². The molecule has 5 nitrogen and oxygen atoms in total. The predicted octanol–water partition coefficient (Wildman–Crippen LogP) is 1.19. The highest BCUT2D eigenvalue weighted by Gasteiger charge is 2.27. The summed E-state index contributed by atoms with van der Waals surface area (Å²) < 4.78 is 4.54. The van der Waals surface area contributed by atoms with Crippen molar-refractivity contribution in [2.75, 3.05) is 20.2 Å². The van der Waals surface area contributed by atoms with Gasteiger partial charge >= 0.3 is 5.97 Å². The van der Waals surface area contributed by atoms with Crippen LogP contribution in [0.4, 0.5) is 0 Å². The minimum atomic E-state index is -0.703.